The minimum absolute atomic E-state index is 0.00883. The van der Waals surface area contributed by atoms with E-state index in [1.165, 1.54) is 231 Å². The molecule has 0 bridgehead atoms. The minimum Gasteiger partial charge on any atom is -0.466 e. The summed E-state index contributed by atoms with van der Waals surface area (Å²) in [5.41, 5.74) is 0. The second kappa shape index (κ2) is 54.7. The first-order chi connectivity index (χ1) is 32.0. The normalized spacial score (nSPS) is 12.9. The van der Waals surface area contributed by atoms with Crippen molar-refractivity contribution < 1.29 is 24.5 Å². The third-order valence-corrected chi connectivity index (χ3v) is 13.2. The van der Waals surface area contributed by atoms with Gasteiger partial charge in [-0.3, -0.25) is 9.59 Å². The van der Waals surface area contributed by atoms with Crippen LogP contribution in [0.3, 0.4) is 0 Å². The number of carbonyl (C=O) groups is 2. The molecule has 0 aliphatic carbocycles. The van der Waals surface area contributed by atoms with Crippen molar-refractivity contribution in [1.29, 1.82) is 0 Å². The van der Waals surface area contributed by atoms with Crippen LogP contribution in [0.25, 0.3) is 0 Å². The molecule has 6 heteroatoms. The van der Waals surface area contributed by atoms with E-state index in [0.29, 0.717) is 19.4 Å². The zero-order chi connectivity index (χ0) is 47.2. The predicted octanol–water partition coefficient (Wildman–Crippen LogP) is 17.6. The van der Waals surface area contributed by atoms with Gasteiger partial charge in [0.2, 0.25) is 5.91 Å². The molecule has 65 heavy (non-hydrogen) atoms. The molecule has 2 atom stereocenters. The maximum absolute atomic E-state index is 12.4. The first kappa shape index (κ1) is 63.1. The van der Waals surface area contributed by atoms with E-state index in [1.807, 2.05) is 6.08 Å². The number of amides is 1. The summed E-state index contributed by atoms with van der Waals surface area (Å²) in [4.78, 5) is 24.4. The van der Waals surface area contributed by atoms with Gasteiger partial charge in [-0.25, -0.2) is 0 Å². The predicted molar refractivity (Wildman–Crippen MR) is 283 cm³/mol. The largest absolute Gasteiger partial charge is 0.466 e. The topological polar surface area (TPSA) is 95.9 Å². The van der Waals surface area contributed by atoms with Crippen LogP contribution in [0.1, 0.15) is 303 Å². The van der Waals surface area contributed by atoms with Crippen LogP contribution in [-0.4, -0.2) is 47.4 Å². The molecule has 3 N–H and O–H groups in total. The van der Waals surface area contributed by atoms with E-state index >= 15 is 0 Å². The Morgan fingerprint density at radius 1 is 0.431 bits per heavy atom. The first-order valence-corrected chi connectivity index (χ1v) is 28.8. The van der Waals surface area contributed by atoms with E-state index in [-0.39, 0.29) is 18.5 Å². The van der Waals surface area contributed by atoms with E-state index in [2.05, 4.69) is 43.5 Å². The zero-order valence-electron chi connectivity index (χ0n) is 43.5. The highest BCUT2D eigenvalue weighted by Crippen LogP contribution is 2.16. The molecule has 382 valence electrons. The number of hydrogen-bond donors (Lipinski definition) is 3. The maximum Gasteiger partial charge on any atom is 0.305 e. The van der Waals surface area contributed by atoms with Gasteiger partial charge in [0.25, 0.3) is 0 Å². The molecule has 0 rings (SSSR count). The van der Waals surface area contributed by atoms with E-state index in [1.54, 1.807) is 6.08 Å². The molecule has 1 amide bonds. The van der Waals surface area contributed by atoms with Crippen LogP contribution >= 0.6 is 0 Å². The Morgan fingerprint density at radius 2 is 0.769 bits per heavy atom. The number of aliphatic hydroxyl groups is 2. The molecule has 2 unspecified atom stereocenters. The Hall–Kier alpha value is -1.92. The van der Waals surface area contributed by atoms with Crippen molar-refractivity contribution in [3.8, 4) is 0 Å². The van der Waals surface area contributed by atoms with Crippen LogP contribution < -0.4 is 5.32 Å². The number of carbonyl (C=O) groups excluding carboxylic acids is 2. The molecule has 0 saturated heterocycles. The molecule has 0 aliphatic rings. The van der Waals surface area contributed by atoms with Crippen molar-refractivity contribution in [2.75, 3.05) is 13.2 Å². The van der Waals surface area contributed by atoms with E-state index in [0.717, 1.165) is 44.9 Å². The Kier molecular flexibility index (Phi) is 53.1. The van der Waals surface area contributed by atoms with Crippen LogP contribution in [0.4, 0.5) is 0 Å². The Bertz CT molecular complexity index is 1060. The molecular formula is C59H111NO5. The van der Waals surface area contributed by atoms with Crippen LogP contribution in [0.5, 0.6) is 0 Å². The Morgan fingerprint density at radius 3 is 1.17 bits per heavy atom. The number of esters is 1. The van der Waals surface area contributed by atoms with Gasteiger partial charge < -0.3 is 20.3 Å². The van der Waals surface area contributed by atoms with Crippen molar-refractivity contribution in [2.24, 2.45) is 0 Å². The molecular weight excluding hydrogens is 803 g/mol. The van der Waals surface area contributed by atoms with E-state index < -0.39 is 12.1 Å². The minimum atomic E-state index is -0.847. The van der Waals surface area contributed by atoms with E-state index in [9.17, 15) is 19.8 Å². The summed E-state index contributed by atoms with van der Waals surface area (Å²) in [7, 11) is 0. The number of hydrogen-bond acceptors (Lipinski definition) is 5. The van der Waals surface area contributed by atoms with Crippen LogP contribution in [0, 0.1) is 0 Å². The average molecular weight is 915 g/mol. The molecule has 0 aliphatic heterocycles. The molecule has 0 fully saturated rings. The lowest BCUT2D eigenvalue weighted by Crippen LogP contribution is -2.45. The summed E-state index contributed by atoms with van der Waals surface area (Å²) in [6, 6.07) is -0.631. The zero-order valence-corrected chi connectivity index (χ0v) is 43.5. The fraction of sp³-hybridized carbons (Fsp3) is 0.864. The molecule has 0 heterocycles. The lowest BCUT2D eigenvalue weighted by Gasteiger charge is -2.20. The van der Waals surface area contributed by atoms with Gasteiger partial charge in [0, 0.05) is 12.8 Å². The quantitative estimate of drug-likeness (QED) is 0.0321. The van der Waals surface area contributed by atoms with Gasteiger partial charge in [-0.1, -0.05) is 262 Å². The molecule has 0 aromatic heterocycles. The number of rotatable bonds is 53. The van der Waals surface area contributed by atoms with Gasteiger partial charge in [0.1, 0.15) is 0 Å². The van der Waals surface area contributed by atoms with Gasteiger partial charge >= 0.3 is 5.97 Å². The summed E-state index contributed by atoms with van der Waals surface area (Å²) in [5, 5.41) is 23.0. The summed E-state index contributed by atoms with van der Waals surface area (Å²) in [6.45, 7) is 4.89. The summed E-state index contributed by atoms with van der Waals surface area (Å²) in [6.07, 6.45) is 67.5. The van der Waals surface area contributed by atoms with Crippen LogP contribution in [0.15, 0.2) is 36.5 Å². The summed E-state index contributed by atoms with van der Waals surface area (Å²) < 4.78 is 5.46. The molecule has 0 spiro atoms. The van der Waals surface area contributed by atoms with Crippen molar-refractivity contribution in [3.63, 3.8) is 0 Å². The van der Waals surface area contributed by atoms with Gasteiger partial charge in [-0.15, -0.1) is 0 Å². The number of ether oxygens (including phenoxy) is 1. The molecule has 0 saturated carbocycles. The van der Waals surface area contributed by atoms with Gasteiger partial charge in [-0.05, 0) is 64.2 Å². The van der Waals surface area contributed by atoms with E-state index in [4.69, 9.17) is 4.74 Å². The molecule has 6 nitrogen and oxygen atoms in total. The molecule has 0 aromatic rings. The first-order valence-electron chi connectivity index (χ1n) is 28.8. The van der Waals surface area contributed by atoms with Crippen molar-refractivity contribution in [2.45, 2.75) is 315 Å². The molecule has 0 aromatic carbocycles. The highest BCUT2D eigenvalue weighted by Gasteiger charge is 2.18. The fourth-order valence-electron chi connectivity index (χ4n) is 8.72. The van der Waals surface area contributed by atoms with Crippen LogP contribution in [0.2, 0.25) is 0 Å². The highest BCUT2D eigenvalue weighted by molar-refractivity contribution is 5.76. The monoisotopic (exact) mass is 914 g/mol. The van der Waals surface area contributed by atoms with Crippen molar-refractivity contribution in [1.82, 2.24) is 5.32 Å². The SMILES string of the molecule is CCCCCCCCCCC/C=C/C(O)C(CO)NC(=O)CCCCCCCCCCC/C=C\C/C=C\CCCCCCCCCCCOC(=O)CCCCCCCCCCCCCC. The van der Waals surface area contributed by atoms with Crippen LogP contribution in [-0.2, 0) is 14.3 Å². The lowest BCUT2D eigenvalue weighted by molar-refractivity contribution is -0.143. The number of nitrogens with one attached hydrogen (secondary N) is 1. The second-order valence-electron chi connectivity index (χ2n) is 19.6. The smallest absolute Gasteiger partial charge is 0.305 e. The third-order valence-electron chi connectivity index (χ3n) is 13.2. The fourth-order valence-corrected chi connectivity index (χ4v) is 8.72. The molecule has 0 radical (unpaired) electrons. The van der Waals surface area contributed by atoms with Gasteiger partial charge in [0.05, 0.1) is 25.4 Å². The highest BCUT2D eigenvalue weighted by atomic mass is 16.5. The van der Waals surface area contributed by atoms with Gasteiger partial charge in [0.15, 0.2) is 0 Å². The number of unbranched alkanes of at least 4 members (excludes halogenated alkanes) is 38. The standard InChI is InChI=1S/C59H111NO5/c1-3-5-7-9-11-13-15-33-37-41-45-49-53-59(64)65-54-50-46-42-38-34-30-28-26-24-22-20-18-16-17-19-21-23-25-27-29-32-36-40-44-48-52-58(63)60-56(55-61)57(62)51-47-43-39-35-31-14-12-10-8-6-4-2/h17-20,47,51,56-57,61-62H,3-16,21-46,48-50,52-55H2,1-2H3,(H,60,63)/b19-17-,20-18-,51-47+. The maximum atomic E-state index is 12.4. The summed E-state index contributed by atoms with van der Waals surface area (Å²) >= 11 is 0. The van der Waals surface area contributed by atoms with Gasteiger partial charge in [-0.2, -0.15) is 0 Å². The Balaban J connectivity index is 3.44. The Labute approximate surface area is 404 Å². The lowest BCUT2D eigenvalue weighted by atomic mass is 10.0. The third kappa shape index (κ3) is 51.3. The van der Waals surface area contributed by atoms with Crippen molar-refractivity contribution >= 4 is 11.9 Å². The second-order valence-corrected chi connectivity index (χ2v) is 19.6. The summed E-state index contributed by atoms with van der Waals surface area (Å²) in [5.74, 6) is -0.0666. The number of aliphatic hydroxyl groups excluding tert-OH is 2. The van der Waals surface area contributed by atoms with Crippen molar-refractivity contribution in [3.05, 3.63) is 36.5 Å². The average Bonchev–Trinajstić information content (AvgIpc) is 3.31. The number of allylic oxidation sites excluding steroid dienone is 5.